The summed E-state index contributed by atoms with van der Waals surface area (Å²) >= 11 is 0. The molecule has 0 aromatic heterocycles. The van der Waals surface area contributed by atoms with Gasteiger partial charge < -0.3 is 10.6 Å². The zero-order valence-electron chi connectivity index (χ0n) is 13.6. The Morgan fingerprint density at radius 1 is 1.12 bits per heavy atom. The highest BCUT2D eigenvalue weighted by atomic mass is 16.2. The van der Waals surface area contributed by atoms with Crippen molar-refractivity contribution in [1.29, 1.82) is 0 Å². The third-order valence-electron chi connectivity index (χ3n) is 5.07. The van der Waals surface area contributed by atoms with Crippen molar-refractivity contribution in [3.05, 3.63) is 24.3 Å². The molecule has 3 aliphatic rings. The number of urea groups is 1. The molecule has 8 heteroatoms. The zero-order chi connectivity index (χ0) is 17.6. The predicted octanol–water partition coefficient (Wildman–Crippen LogP) is 0.836. The molecular formula is C17H18N4O4. The number of amides is 5. The van der Waals surface area contributed by atoms with Crippen molar-refractivity contribution >= 4 is 35.1 Å². The fraction of sp³-hybridized carbons (Fsp3) is 0.412. The summed E-state index contributed by atoms with van der Waals surface area (Å²) in [5, 5.41) is 5.46. The van der Waals surface area contributed by atoms with E-state index < -0.39 is 17.5 Å². The normalized spacial score (nSPS) is 21.4. The lowest BCUT2D eigenvalue weighted by atomic mass is 9.98. The first-order valence-electron chi connectivity index (χ1n) is 8.33. The van der Waals surface area contributed by atoms with Crippen LogP contribution in [-0.4, -0.2) is 47.3 Å². The minimum atomic E-state index is -0.839. The van der Waals surface area contributed by atoms with Crippen LogP contribution < -0.4 is 15.5 Å². The second-order valence-corrected chi connectivity index (χ2v) is 6.66. The number of fused-ring (bicyclic) bond motifs is 1. The Kier molecular flexibility index (Phi) is 3.48. The monoisotopic (exact) mass is 342 g/mol. The van der Waals surface area contributed by atoms with Gasteiger partial charge in [0.05, 0.1) is 11.4 Å². The van der Waals surface area contributed by atoms with Gasteiger partial charge in [-0.25, -0.2) is 4.79 Å². The number of hydrogen-bond acceptors (Lipinski definition) is 4. The summed E-state index contributed by atoms with van der Waals surface area (Å²) in [5.41, 5.74) is 0.264. The lowest BCUT2D eigenvalue weighted by molar-refractivity contribution is -0.134. The van der Waals surface area contributed by atoms with Gasteiger partial charge in [-0.3, -0.25) is 24.2 Å². The Morgan fingerprint density at radius 2 is 1.84 bits per heavy atom. The predicted molar refractivity (Wildman–Crippen MR) is 88.9 cm³/mol. The van der Waals surface area contributed by atoms with Gasteiger partial charge in [-0.15, -0.1) is 0 Å². The van der Waals surface area contributed by atoms with Crippen LogP contribution in [0.2, 0.25) is 0 Å². The van der Waals surface area contributed by atoms with Gasteiger partial charge in [0.1, 0.15) is 18.6 Å². The summed E-state index contributed by atoms with van der Waals surface area (Å²) in [7, 11) is 0. The number of nitrogens with zero attached hydrogens (tertiary/aromatic N) is 2. The number of carbonyl (C=O) groups excluding carboxylic acids is 4. The van der Waals surface area contributed by atoms with E-state index in [1.54, 1.807) is 24.3 Å². The van der Waals surface area contributed by atoms with Crippen molar-refractivity contribution in [2.75, 3.05) is 23.3 Å². The van der Waals surface area contributed by atoms with E-state index >= 15 is 0 Å². The van der Waals surface area contributed by atoms with Crippen LogP contribution in [0.5, 0.6) is 0 Å². The maximum absolute atomic E-state index is 12.7. The molecule has 1 aliphatic carbocycles. The molecule has 1 spiro atoms. The molecule has 25 heavy (non-hydrogen) atoms. The molecule has 1 saturated carbocycles. The highest BCUT2D eigenvalue weighted by molar-refractivity contribution is 6.14. The van der Waals surface area contributed by atoms with E-state index in [2.05, 4.69) is 10.6 Å². The van der Waals surface area contributed by atoms with Gasteiger partial charge in [-0.05, 0) is 25.0 Å². The molecule has 8 nitrogen and oxygen atoms in total. The van der Waals surface area contributed by atoms with Crippen LogP contribution in [0, 0.1) is 0 Å². The Labute approximate surface area is 144 Å². The molecule has 1 aromatic rings. The third-order valence-corrected chi connectivity index (χ3v) is 5.07. The number of anilines is 2. The Bertz CT molecular complexity index is 785. The fourth-order valence-corrected chi connectivity index (χ4v) is 3.81. The van der Waals surface area contributed by atoms with E-state index in [4.69, 9.17) is 0 Å². The highest BCUT2D eigenvalue weighted by Gasteiger charge is 2.53. The topological polar surface area (TPSA) is 98.8 Å². The van der Waals surface area contributed by atoms with Gasteiger partial charge >= 0.3 is 6.03 Å². The molecule has 1 saturated heterocycles. The van der Waals surface area contributed by atoms with Gasteiger partial charge in [-0.1, -0.05) is 25.0 Å². The number of benzene rings is 1. The largest absolute Gasteiger partial charge is 0.325 e. The number of para-hydroxylation sites is 2. The summed E-state index contributed by atoms with van der Waals surface area (Å²) in [6, 6.07) is 6.41. The summed E-state index contributed by atoms with van der Waals surface area (Å²) in [4.78, 5) is 51.7. The van der Waals surface area contributed by atoms with E-state index in [1.807, 2.05) is 0 Å². The molecule has 1 aromatic carbocycles. The first-order chi connectivity index (χ1) is 12.0. The van der Waals surface area contributed by atoms with Crippen LogP contribution >= 0.6 is 0 Å². The minimum Gasteiger partial charge on any atom is -0.323 e. The molecule has 0 unspecified atom stereocenters. The molecule has 4 rings (SSSR count). The van der Waals surface area contributed by atoms with Crippen LogP contribution in [0.25, 0.3) is 0 Å². The van der Waals surface area contributed by atoms with Crippen LogP contribution in [0.15, 0.2) is 24.3 Å². The van der Waals surface area contributed by atoms with E-state index in [0.29, 0.717) is 24.2 Å². The van der Waals surface area contributed by atoms with Gasteiger partial charge in [-0.2, -0.15) is 0 Å². The maximum atomic E-state index is 12.7. The zero-order valence-corrected chi connectivity index (χ0v) is 13.6. The highest BCUT2D eigenvalue weighted by Crippen LogP contribution is 2.35. The summed E-state index contributed by atoms with van der Waals surface area (Å²) in [6.45, 7) is -0.501. The number of nitrogens with one attached hydrogen (secondary N) is 2. The first-order valence-corrected chi connectivity index (χ1v) is 8.33. The molecule has 0 bridgehead atoms. The molecule has 0 radical (unpaired) electrons. The molecule has 0 atom stereocenters. The molecule has 5 amide bonds. The average molecular weight is 342 g/mol. The van der Waals surface area contributed by atoms with Gasteiger partial charge in [0, 0.05) is 0 Å². The third kappa shape index (κ3) is 2.45. The number of imide groups is 1. The second kappa shape index (κ2) is 5.58. The summed E-state index contributed by atoms with van der Waals surface area (Å²) < 4.78 is 0. The molecular weight excluding hydrogens is 324 g/mol. The lowest BCUT2D eigenvalue weighted by Gasteiger charge is -2.30. The summed E-state index contributed by atoms with van der Waals surface area (Å²) in [5.74, 6) is -1.10. The first kappa shape index (κ1) is 15.6. The maximum Gasteiger partial charge on any atom is 0.325 e. The van der Waals surface area contributed by atoms with Crippen molar-refractivity contribution < 1.29 is 19.2 Å². The number of rotatable bonds is 2. The van der Waals surface area contributed by atoms with Crippen molar-refractivity contribution in [3.8, 4) is 0 Å². The van der Waals surface area contributed by atoms with E-state index in [1.165, 1.54) is 4.90 Å². The molecule has 2 heterocycles. The van der Waals surface area contributed by atoms with Gasteiger partial charge in [0.2, 0.25) is 11.8 Å². The van der Waals surface area contributed by atoms with Crippen LogP contribution in [0.1, 0.15) is 25.7 Å². The minimum absolute atomic E-state index is 0.134. The standard InChI is InChI=1S/C17H18N4O4/c22-13-9-20(12-6-2-1-5-11(12)18-13)14(23)10-21-15(24)17(19-16(21)25)7-3-4-8-17/h1-2,5-6H,3-4,7-10H2,(H,18,22)(H,19,25). The lowest BCUT2D eigenvalue weighted by Crippen LogP contribution is -2.49. The summed E-state index contributed by atoms with van der Waals surface area (Å²) in [6.07, 6.45) is 2.98. The smallest absolute Gasteiger partial charge is 0.323 e. The van der Waals surface area contributed by atoms with Crippen molar-refractivity contribution in [1.82, 2.24) is 10.2 Å². The molecule has 130 valence electrons. The quantitative estimate of drug-likeness (QED) is 0.778. The van der Waals surface area contributed by atoms with Crippen molar-refractivity contribution in [3.63, 3.8) is 0 Å². The van der Waals surface area contributed by atoms with Gasteiger partial charge in [0.25, 0.3) is 5.91 Å². The molecule has 2 N–H and O–H groups in total. The van der Waals surface area contributed by atoms with Crippen LogP contribution in [-0.2, 0) is 14.4 Å². The Balaban J connectivity index is 1.56. The second-order valence-electron chi connectivity index (χ2n) is 6.66. The average Bonchev–Trinajstić information content (AvgIpc) is 3.15. The molecule has 2 aliphatic heterocycles. The van der Waals surface area contributed by atoms with E-state index in [-0.39, 0.29) is 24.9 Å². The van der Waals surface area contributed by atoms with Crippen molar-refractivity contribution in [2.24, 2.45) is 0 Å². The molecule has 2 fully saturated rings. The van der Waals surface area contributed by atoms with Crippen molar-refractivity contribution in [2.45, 2.75) is 31.2 Å². The van der Waals surface area contributed by atoms with Crippen LogP contribution in [0.4, 0.5) is 16.2 Å². The number of carbonyl (C=O) groups is 4. The van der Waals surface area contributed by atoms with E-state index in [0.717, 1.165) is 17.7 Å². The van der Waals surface area contributed by atoms with Gasteiger partial charge in [0.15, 0.2) is 0 Å². The Hall–Kier alpha value is -2.90. The Morgan fingerprint density at radius 3 is 2.60 bits per heavy atom. The number of hydrogen-bond donors (Lipinski definition) is 2. The van der Waals surface area contributed by atoms with E-state index in [9.17, 15) is 19.2 Å². The van der Waals surface area contributed by atoms with Crippen LogP contribution in [0.3, 0.4) is 0 Å². The fourth-order valence-electron chi connectivity index (χ4n) is 3.81. The SMILES string of the molecule is O=C1CN(C(=O)CN2C(=O)NC3(CCCC3)C2=O)c2ccccc2N1.